The number of aliphatic hydroxyl groups is 1. The maximum absolute atomic E-state index is 8.88. The van der Waals surface area contributed by atoms with Crippen LogP contribution in [0, 0.1) is 0 Å². The van der Waals surface area contributed by atoms with Crippen molar-refractivity contribution in [3.8, 4) is 0 Å². The van der Waals surface area contributed by atoms with Crippen LogP contribution in [0.1, 0.15) is 253 Å². The van der Waals surface area contributed by atoms with Crippen molar-refractivity contribution in [1.29, 1.82) is 0 Å². The van der Waals surface area contributed by atoms with Gasteiger partial charge in [0.25, 0.3) is 0 Å². The summed E-state index contributed by atoms with van der Waals surface area (Å²) in [5.74, 6) is 0. The van der Waals surface area contributed by atoms with E-state index in [1.807, 2.05) is 0 Å². The van der Waals surface area contributed by atoms with Crippen LogP contribution in [0.15, 0.2) is 30.3 Å². The van der Waals surface area contributed by atoms with E-state index < -0.39 is 0 Å². The second-order valence-corrected chi connectivity index (χ2v) is 25.9. The van der Waals surface area contributed by atoms with Crippen molar-refractivity contribution in [3.05, 3.63) is 35.9 Å². The van der Waals surface area contributed by atoms with Gasteiger partial charge in [-0.15, -0.1) is 0 Å². The molecule has 2 N–H and O–H groups in total. The fraction of sp³-hybridized carbons (Fsp3) is 0.914. The largest absolute Gasteiger partial charge is 0.395 e. The van der Waals surface area contributed by atoms with Gasteiger partial charge in [-0.25, -0.2) is 0 Å². The van der Waals surface area contributed by atoms with Crippen LogP contribution in [0.25, 0.3) is 0 Å². The number of hydrogen-bond donors (Lipinski definition) is 2. The molecule has 4 heterocycles. The van der Waals surface area contributed by atoms with Crippen LogP contribution in [0.2, 0.25) is 0 Å². The predicted octanol–water partition coefficient (Wildman–Crippen LogP) is 14.1. The topological polar surface area (TPSA) is 73.9 Å². The van der Waals surface area contributed by atoms with Crippen LogP contribution >= 0.6 is 0 Å². The average molecular weight is 1170 g/mol. The lowest BCUT2D eigenvalue weighted by atomic mass is 10.1. The van der Waals surface area contributed by atoms with Crippen LogP contribution < -0.4 is 5.32 Å². The number of rotatable bonds is 48. The van der Waals surface area contributed by atoms with E-state index in [-0.39, 0.29) is 6.61 Å². The molecule has 1 aromatic rings. The van der Waals surface area contributed by atoms with Gasteiger partial charge in [-0.2, -0.15) is 0 Å². The van der Waals surface area contributed by atoms with Crippen LogP contribution in [0.5, 0.6) is 0 Å². The number of aliphatic hydroxyl groups excluding tert-OH is 1. The minimum absolute atomic E-state index is 0.229. The number of nitrogens with one attached hydrogen (secondary N) is 1. The number of benzene rings is 1. The predicted molar refractivity (Wildman–Crippen MR) is 358 cm³/mol. The van der Waals surface area contributed by atoms with E-state index in [0.29, 0.717) is 6.54 Å². The van der Waals surface area contributed by atoms with E-state index in [4.69, 9.17) is 9.84 Å². The van der Waals surface area contributed by atoms with Crippen molar-refractivity contribution >= 4 is 0 Å². The average Bonchev–Trinajstić information content (AvgIpc) is 3.56. The SMILES string of the molecule is CCCCCCCCN1CN(CCCCCCCC)CN(CCN2CCOCC2)C1.CCCCCCCCN1CN(CCCCCCCC)CN(Cc2ccccc2)C1.CCCCCCN1CN(CCCCCC)CN(CCNCCO)C1. The molecule has 4 aliphatic rings. The second-order valence-electron chi connectivity index (χ2n) is 25.9. The Bertz CT molecular complexity index is 1400. The van der Waals surface area contributed by atoms with E-state index >= 15 is 0 Å². The molecule has 0 radical (unpaired) electrons. The van der Waals surface area contributed by atoms with Crippen LogP contribution in [0.4, 0.5) is 0 Å². The third kappa shape index (κ3) is 41.5. The van der Waals surface area contributed by atoms with E-state index in [1.165, 1.54) is 270 Å². The summed E-state index contributed by atoms with van der Waals surface area (Å²) < 4.78 is 5.51. The molecule has 13 heteroatoms. The number of morpholine rings is 1. The Hall–Kier alpha value is -1.30. The number of ether oxygens (including phenoxy) is 1. The summed E-state index contributed by atoms with van der Waals surface area (Å²) >= 11 is 0. The van der Waals surface area contributed by atoms with Crippen LogP contribution in [-0.2, 0) is 11.3 Å². The standard InChI is InChI=1S/C26H47N3.C25H52N4O.C19H42N4O/c1-3-5-7-9-11-16-20-27-23-28(21-17-12-10-8-6-4-2)25-29(24-27)22-26-18-14-13-15-19-26;1-3-5-7-9-11-13-15-27-23-28(16-14-12-10-8-6-4-2)25-29(24-27)18-17-26-19-21-30-22-20-26;1-3-5-7-9-13-21-17-22(14-10-8-6-4-2)19-23(18-21)15-11-20-12-16-24/h13-15,18-19H,3-12,16-17,20-25H2,1-2H3;3-25H2,1-2H3;20,24H,3-19H2,1-2H3. The highest BCUT2D eigenvalue weighted by molar-refractivity contribution is 5.14. The molecule has 4 aliphatic heterocycles. The normalized spacial score (nSPS) is 18.2. The number of hydrogen-bond acceptors (Lipinski definition) is 13. The van der Waals surface area contributed by atoms with E-state index in [1.54, 1.807) is 0 Å². The minimum Gasteiger partial charge on any atom is -0.395 e. The molecule has 488 valence electrons. The molecule has 0 spiro atoms. The first kappa shape index (κ1) is 75.9. The number of unbranched alkanes of at least 4 members (excludes halogenated alkanes) is 26. The molecule has 4 saturated heterocycles. The Balaban J connectivity index is 0.000000329. The molecule has 0 unspecified atom stereocenters. The third-order valence-electron chi connectivity index (χ3n) is 17.5. The van der Waals surface area contributed by atoms with Crippen molar-refractivity contribution in [2.75, 3.05) is 165 Å². The third-order valence-corrected chi connectivity index (χ3v) is 17.5. The van der Waals surface area contributed by atoms with E-state index in [0.717, 1.165) is 99.3 Å². The quantitative estimate of drug-likeness (QED) is 0.0609. The van der Waals surface area contributed by atoms with Gasteiger partial charge < -0.3 is 15.2 Å². The zero-order chi connectivity index (χ0) is 59.3. The maximum Gasteiger partial charge on any atom is 0.0594 e. The monoisotopic (exact) mass is 1170 g/mol. The smallest absolute Gasteiger partial charge is 0.0594 e. The van der Waals surface area contributed by atoms with Crippen LogP contribution in [0.3, 0.4) is 0 Å². The van der Waals surface area contributed by atoms with Gasteiger partial charge in [-0.05, 0) is 44.1 Å². The summed E-state index contributed by atoms with van der Waals surface area (Å²) in [6, 6.07) is 11.0. The minimum atomic E-state index is 0.229. The van der Waals surface area contributed by atoms with E-state index in [9.17, 15) is 0 Å². The van der Waals surface area contributed by atoms with E-state index in [2.05, 4.69) is 126 Å². The molecule has 0 saturated carbocycles. The van der Waals surface area contributed by atoms with Gasteiger partial charge >= 0.3 is 0 Å². The lowest BCUT2D eigenvalue weighted by Crippen LogP contribution is -2.56. The van der Waals surface area contributed by atoms with Gasteiger partial charge in [0.15, 0.2) is 0 Å². The van der Waals surface area contributed by atoms with Gasteiger partial charge in [-0.3, -0.25) is 49.0 Å². The highest BCUT2D eigenvalue weighted by atomic mass is 16.5. The molecule has 13 nitrogen and oxygen atoms in total. The lowest BCUT2D eigenvalue weighted by Gasteiger charge is -2.43. The first-order valence-corrected chi connectivity index (χ1v) is 36.1. The summed E-state index contributed by atoms with van der Waals surface area (Å²) in [6.07, 6.45) is 44.1. The molecule has 4 fully saturated rings. The van der Waals surface area contributed by atoms with Crippen molar-refractivity contribution < 1.29 is 9.84 Å². The zero-order valence-corrected chi connectivity index (χ0v) is 56.2. The summed E-state index contributed by atoms with van der Waals surface area (Å²) in [5, 5.41) is 12.2. The molecule has 0 amide bonds. The van der Waals surface area contributed by atoms with Gasteiger partial charge in [0.1, 0.15) is 0 Å². The fourth-order valence-electron chi connectivity index (χ4n) is 12.6. The molecule has 0 bridgehead atoms. The van der Waals surface area contributed by atoms with Crippen molar-refractivity contribution in [1.82, 2.24) is 54.3 Å². The molecular formula is C70H141N11O2. The maximum atomic E-state index is 8.88. The Morgan fingerprint density at radius 1 is 0.313 bits per heavy atom. The van der Waals surface area contributed by atoms with Gasteiger partial charge in [0.05, 0.1) is 79.8 Å². The van der Waals surface area contributed by atoms with Gasteiger partial charge in [0, 0.05) is 91.6 Å². The highest BCUT2D eigenvalue weighted by Gasteiger charge is 2.26. The fourth-order valence-corrected chi connectivity index (χ4v) is 12.6. The summed E-state index contributed by atoms with van der Waals surface area (Å²) in [5.41, 5.74) is 1.44. The molecule has 83 heavy (non-hydrogen) atoms. The Morgan fingerprint density at radius 3 is 0.928 bits per heavy atom. The molecule has 0 aromatic heterocycles. The molecule has 0 aliphatic carbocycles. The summed E-state index contributed by atoms with van der Waals surface area (Å²) in [4.78, 5) is 26.5. The highest BCUT2D eigenvalue weighted by Crippen LogP contribution is 2.18. The van der Waals surface area contributed by atoms with Crippen molar-refractivity contribution in [3.63, 3.8) is 0 Å². The Labute approximate surface area is 516 Å². The molecule has 5 rings (SSSR count). The summed E-state index contributed by atoms with van der Waals surface area (Å²) in [7, 11) is 0. The first-order chi connectivity index (χ1) is 40.9. The summed E-state index contributed by atoms with van der Waals surface area (Å²) in [6.45, 7) is 42.0. The van der Waals surface area contributed by atoms with Gasteiger partial charge in [0.2, 0.25) is 0 Å². The number of nitrogens with zero attached hydrogens (tertiary/aromatic N) is 10. The van der Waals surface area contributed by atoms with Crippen molar-refractivity contribution in [2.45, 2.75) is 254 Å². The Morgan fingerprint density at radius 2 is 0.590 bits per heavy atom. The van der Waals surface area contributed by atoms with Crippen LogP contribution in [-0.4, -0.2) is 219 Å². The molecule has 1 aromatic carbocycles. The van der Waals surface area contributed by atoms with Gasteiger partial charge in [-0.1, -0.05) is 239 Å². The molecular weight excluding hydrogens is 1030 g/mol. The lowest BCUT2D eigenvalue weighted by molar-refractivity contribution is -0.0384. The second kappa shape index (κ2) is 54.8. The molecule has 0 atom stereocenters. The Kier molecular flexibility index (Phi) is 50.2. The first-order valence-electron chi connectivity index (χ1n) is 36.1. The zero-order valence-electron chi connectivity index (χ0n) is 56.2. The van der Waals surface area contributed by atoms with Crippen molar-refractivity contribution in [2.24, 2.45) is 0 Å².